The van der Waals surface area contributed by atoms with Crippen molar-refractivity contribution < 1.29 is 13.5 Å². The van der Waals surface area contributed by atoms with Gasteiger partial charge in [-0.05, 0) is 18.4 Å². The van der Waals surface area contributed by atoms with Crippen molar-refractivity contribution >= 4 is 9.84 Å². The lowest BCUT2D eigenvalue weighted by Crippen LogP contribution is -2.44. The van der Waals surface area contributed by atoms with E-state index < -0.39 is 21.4 Å². The van der Waals surface area contributed by atoms with Gasteiger partial charge in [0.05, 0.1) is 17.6 Å². The largest absolute Gasteiger partial charge is 0.392 e. The van der Waals surface area contributed by atoms with Gasteiger partial charge in [0, 0.05) is 12.0 Å². The zero-order valence-corrected chi connectivity index (χ0v) is 11.1. The predicted octanol–water partition coefficient (Wildman–Crippen LogP) is 0.354. The molecule has 1 aromatic carbocycles. The number of nitrogens with two attached hydrogens (primary N) is 1. The van der Waals surface area contributed by atoms with Gasteiger partial charge in [0.15, 0.2) is 9.84 Å². The Morgan fingerprint density at radius 1 is 1.33 bits per heavy atom. The fourth-order valence-electron chi connectivity index (χ4n) is 2.55. The highest BCUT2D eigenvalue weighted by Gasteiger charge is 2.46. The summed E-state index contributed by atoms with van der Waals surface area (Å²) in [5.74, 6) is 0.139. The van der Waals surface area contributed by atoms with Gasteiger partial charge in [-0.25, -0.2) is 8.42 Å². The van der Waals surface area contributed by atoms with Crippen LogP contribution in [0.15, 0.2) is 30.3 Å². The average molecular weight is 269 g/mol. The molecule has 0 saturated carbocycles. The first-order valence-electron chi connectivity index (χ1n) is 6.10. The molecule has 1 aliphatic rings. The Kier molecular flexibility index (Phi) is 3.75. The van der Waals surface area contributed by atoms with Gasteiger partial charge in [0.2, 0.25) is 0 Å². The summed E-state index contributed by atoms with van der Waals surface area (Å²) in [6.45, 7) is 0.209. The van der Waals surface area contributed by atoms with Crippen LogP contribution in [0, 0.1) is 5.41 Å². The van der Waals surface area contributed by atoms with E-state index in [1.807, 2.05) is 30.3 Å². The zero-order chi connectivity index (χ0) is 13.2. The number of aliphatic hydroxyl groups excluding tert-OH is 1. The summed E-state index contributed by atoms with van der Waals surface area (Å²) < 4.78 is 23.2. The van der Waals surface area contributed by atoms with E-state index in [1.165, 1.54) is 0 Å². The molecule has 0 radical (unpaired) electrons. The third-order valence-electron chi connectivity index (χ3n) is 3.80. The normalized spacial score (nSPS) is 28.1. The number of hydrogen-bond acceptors (Lipinski definition) is 4. The number of sulfone groups is 1. The molecule has 100 valence electrons. The Morgan fingerprint density at radius 3 is 2.50 bits per heavy atom. The van der Waals surface area contributed by atoms with E-state index in [9.17, 15) is 13.5 Å². The second-order valence-electron chi connectivity index (χ2n) is 5.11. The lowest BCUT2D eigenvalue weighted by Gasteiger charge is -2.31. The first-order chi connectivity index (χ1) is 8.47. The first-order valence-corrected chi connectivity index (χ1v) is 7.92. The molecule has 1 saturated heterocycles. The van der Waals surface area contributed by atoms with Crippen molar-refractivity contribution in [3.05, 3.63) is 35.9 Å². The second kappa shape index (κ2) is 4.99. The maximum absolute atomic E-state index is 11.6. The molecule has 4 nitrogen and oxygen atoms in total. The third-order valence-corrected chi connectivity index (χ3v) is 5.64. The van der Waals surface area contributed by atoms with Crippen molar-refractivity contribution in [1.29, 1.82) is 0 Å². The molecule has 5 heteroatoms. The Labute approximate surface area is 108 Å². The number of aliphatic hydroxyl groups is 1. The number of rotatable bonds is 4. The molecule has 0 bridgehead atoms. The minimum Gasteiger partial charge on any atom is -0.392 e. The van der Waals surface area contributed by atoms with Gasteiger partial charge in [-0.3, -0.25) is 0 Å². The van der Waals surface area contributed by atoms with Crippen molar-refractivity contribution in [2.75, 3.05) is 18.1 Å². The van der Waals surface area contributed by atoms with Gasteiger partial charge in [-0.1, -0.05) is 30.3 Å². The average Bonchev–Trinajstić information content (AvgIpc) is 2.68. The molecule has 3 N–H and O–H groups in total. The highest BCUT2D eigenvalue weighted by molar-refractivity contribution is 7.91. The molecule has 2 rings (SSSR count). The lowest BCUT2D eigenvalue weighted by atomic mass is 9.79. The molecule has 1 heterocycles. The van der Waals surface area contributed by atoms with Crippen LogP contribution >= 0.6 is 0 Å². The molecular weight excluding hydrogens is 250 g/mol. The molecule has 0 aromatic heterocycles. The van der Waals surface area contributed by atoms with Crippen LogP contribution in [-0.2, 0) is 16.3 Å². The number of benzene rings is 1. The van der Waals surface area contributed by atoms with Gasteiger partial charge in [-0.2, -0.15) is 0 Å². The third kappa shape index (κ3) is 2.74. The van der Waals surface area contributed by atoms with Crippen LogP contribution in [0.4, 0.5) is 0 Å². The first kappa shape index (κ1) is 13.5. The summed E-state index contributed by atoms with van der Waals surface area (Å²) in [6, 6.07) is 9.58. The van der Waals surface area contributed by atoms with Gasteiger partial charge in [-0.15, -0.1) is 0 Å². The van der Waals surface area contributed by atoms with Crippen molar-refractivity contribution in [2.45, 2.75) is 18.9 Å². The van der Waals surface area contributed by atoms with Gasteiger partial charge in [0.25, 0.3) is 0 Å². The Bertz CT molecular complexity index is 500. The maximum atomic E-state index is 11.6. The summed E-state index contributed by atoms with van der Waals surface area (Å²) in [5, 5.41) is 10.3. The lowest BCUT2D eigenvalue weighted by molar-refractivity contribution is 0.0486. The maximum Gasteiger partial charge on any atom is 0.151 e. The van der Waals surface area contributed by atoms with E-state index >= 15 is 0 Å². The second-order valence-corrected chi connectivity index (χ2v) is 7.30. The molecule has 0 amide bonds. The van der Waals surface area contributed by atoms with Gasteiger partial charge in [0.1, 0.15) is 0 Å². The van der Waals surface area contributed by atoms with Crippen LogP contribution in [0.3, 0.4) is 0 Å². The fourth-order valence-corrected chi connectivity index (χ4v) is 4.75. The predicted molar refractivity (Wildman–Crippen MR) is 70.9 cm³/mol. The molecular formula is C13H19NO3S. The van der Waals surface area contributed by atoms with E-state index in [1.54, 1.807) is 0 Å². The van der Waals surface area contributed by atoms with E-state index in [-0.39, 0.29) is 18.1 Å². The Hall–Kier alpha value is -0.910. The standard InChI is InChI=1S/C13H19NO3S/c14-9-13(6-7-18(16,17)10-13)12(15)8-11-4-2-1-3-5-11/h1-5,12,15H,6-10,14H2. The summed E-state index contributed by atoms with van der Waals surface area (Å²) in [6.07, 6.45) is 0.204. The van der Waals surface area contributed by atoms with E-state index in [2.05, 4.69) is 0 Å². The zero-order valence-electron chi connectivity index (χ0n) is 10.2. The van der Waals surface area contributed by atoms with Crippen molar-refractivity contribution in [3.63, 3.8) is 0 Å². The van der Waals surface area contributed by atoms with Crippen LogP contribution < -0.4 is 5.73 Å². The highest BCUT2D eigenvalue weighted by Crippen LogP contribution is 2.36. The molecule has 2 unspecified atom stereocenters. The summed E-state index contributed by atoms with van der Waals surface area (Å²) >= 11 is 0. The summed E-state index contributed by atoms with van der Waals surface area (Å²) in [7, 11) is -3.04. The summed E-state index contributed by atoms with van der Waals surface area (Å²) in [4.78, 5) is 0. The SMILES string of the molecule is NCC1(C(O)Cc2ccccc2)CCS(=O)(=O)C1. The van der Waals surface area contributed by atoms with Crippen molar-refractivity contribution in [1.82, 2.24) is 0 Å². The highest BCUT2D eigenvalue weighted by atomic mass is 32.2. The molecule has 1 fully saturated rings. The topological polar surface area (TPSA) is 80.4 Å². The van der Waals surface area contributed by atoms with Crippen LogP contribution in [0.1, 0.15) is 12.0 Å². The van der Waals surface area contributed by atoms with Crippen LogP contribution in [-0.4, -0.2) is 37.7 Å². The van der Waals surface area contributed by atoms with E-state index in [0.717, 1.165) is 5.56 Å². The van der Waals surface area contributed by atoms with Gasteiger partial charge < -0.3 is 10.8 Å². The van der Waals surface area contributed by atoms with Crippen molar-refractivity contribution in [3.8, 4) is 0 Å². The molecule has 2 atom stereocenters. The summed E-state index contributed by atoms with van der Waals surface area (Å²) in [5.41, 5.74) is 6.05. The molecule has 0 spiro atoms. The monoisotopic (exact) mass is 269 g/mol. The minimum absolute atomic E-state index is 0.00446. The van der Waals surface area contributed by atoms with E-state index in [4.69, 9.17) is 5.73 Å². The Balaban J connectivity index is 2.14. The molecule has 0 aliphatic carbocycles. The smallest absolute Gasteiger partial charge is 0.151 e. The Morgan fingerprint density at radius 2 is 2.00 bits per heavy atom. The number of hydrogen-bond donors (Lipinski definition) is 2. The fraction of sp³-hybridized carbons (Fsp3) is 0.538. The van der Waals surface area contributed by atoms with Gasteiger partial charge >= 0.3 is 0 Å². The van der Waals surface area contributed by atoms with E-state index in [0.29, 0.717) is 12.8 Å². The van der Waals surface area contributed by atoms with Crippen LogP contribution in [0.25, 0.3) is 0 Å². The van der Waals surface area contributed by atoms with Crippen LogP contribution in [0.2, 0.25) is 0 Å². The van der Waals surface area contributed by atoms with Crippen LogP contribution in [0.5, 0.6) is 0 Å². The minimum atomic E-state index is -3.04. The molecule has 1 aliphatic heterocycles. The van der Waals surface area contributed by atoms with Crippen molar-refractivity contribution in [2.24, 2.45) is 11.1 Å². The molecule has 18 heavy (non-hydrogen) atoms. The molecule has 1 aromatic rings. The quantitative estimate of drug-likeness (QED) is 0.826.